The summed E-state index contributed by atoms with van der Waals surface area (Å²) in [5, 5.41) is 0.796. The van der Waals surface area contributed by atoms with Crippen molar-refractivity contribution in [3.8, 4) is 0 Å². The molecule has 0 spiro atoms. The summed E-state index contributed by atoms with van der Waals surface area (Å²) in [7, 11) is 0. The minimum absolute atomic E-state index is 0.186. The van der Waals surface area contributed by atoms with Crippen molar-refractivity contribution in [1.29, 1.82) is 0 Å². The molecule has 0 radical (unpaired) electrons. The average Bonchev–Trinajstić information content (AvgIpc) is 2.01. The Labute approximate surface area is 91.3 Å². The number of rotatable bonds is 3. The van der Waals surface area contributed by atoms with Crippen molar-refractivity contribution in [3.63, 3.8) is 0 Å². The molecule has 14 heavy (non-hydrogen) atoms. The second-order valence-electron chi connectivity index (χ2n) is 4.18. The summed E-state index contributed by atoms with van der Waals surface area (Å²) in [5.41, 5.74) is 8.43. The molecule has 0 aliphatic carbocycles. The van der Waals surface area contributed by atoms with E-state index in [2.05, 4.69) is 19.9 Å². The summed E-state index contributed by atoms with van der Waals surface area (Å²) in [5.74, 6) is 0.529. The predicted molar refractivity (Wildman–Crippen MR) is 62.9 cm³/mol. The van der Waals surface area contributed by atoms with Crippen LogP contribution in [-0.4, -0.2) is 6.04 Å². The van der Waals surface area contributed by atoms with E-state index in [1.54, 1.807) is 0 Å². The standard InChI is InChI=1S/C12H18ClN/c1-8(2)12-5-4-11(13)7-10(12)6-9(3)14/h4-5,7-9H,6,14H2,1-3H3. The molecule has 0 bridgehead atoms. The molecule has 1 nitrogen and oxygen atoms in total. The molecule has 1 aromatic rings. The van der Waals surface area contributed by atoms with Gasteiger partial charge in [-0.05, 0) is 42.5 Å². The van der Waals surface area contributed by atoms with Crippen molar-refractivity contribution < 1.29 is 0 Å². The van der Waals surface area contributed by atoms with Crippen molar-refractivity contribution in [2.24, 2.45) is 5.73 Å². The summed E-state index contributed by atoms with van der Waals surface area (Å²) < 4.78 is 0. The highest BCUT2D eigenvalue weighted by Gasteiger charge is 2.08. The van der Waals surface area contributed by atoms with Crippen LogP contribution in [0.2, 0.25) is 5.02 Å². The van der Waals surface area contributed by atoms with Crippen LogP contribution in [0.5, 0.6) is 0 Å². The molecular weight excluding hydrogens is 194 g/mol. The Morgan fingerprint density at radius 1 is 1.29 bits per heavy atom. The van der Waals surface area contributed by atoms with Crippen LogP contribution in [0.25, 0.3) is 0 Å². The molecule has 0 aliphatic heterocycles. The van der Waals surface area contributed by atoms with Crippen molar-refractivity contribution >= 4 is 11.6 Å². The molecule has 0 fully saturated rings. The second-order valence-corrected chi connectivity index (χ2v) is 4.62. The lowest BCUT2D eigenvalue weighted by Crippen LogP contribution is -2.18. The maximum Gasteiger partial charge on any atom is 0.0408 e. The minimum atomic E-state index is 0.186. The highest BCUT2D eigenvalue weighted by atomic mass is 35.5. The van der Waals surface area contributed by atoms with E-state index in [1.165, 1.54) is 11.1 Å². The van der Waals surface area contributed by atoms with Crippen LogP contribution < -0.4 is 5.73 Å². The predicted octanol–water partition coefficient (Wildman–Crippen LogP) is 3.35. The first-order valence-corrected chi connectivity index (χ1v) is 5.42. The van der Waals surface area contributed by atoms with Gasteiger partial charge in [0.25, 0.3) is 0 Å². The quantitative estimate of drug-likeness (QED) is 0.816. The van der Waals surface area contributed by atoms with Gasteiger partial charge in [-0.2, -0.15) is 0 Å². The summed E-state index contributed by atoms with van der Waals surface area (Å²) >= 11 is 5.96. The van der Waals surface area contributed by atoms with E-state index in [-0.39, 0.29) is 6.04 Å². The molecule has 78 valence electrons. The van der Waals surface area contributed by atoms with Gasteiger partial charge in [-0.1, -0.05) is 31.5 Å². The van der Waals surface area contributed by atoms with Crippen LogP contribution in [-0.2, 0) is 6.42 Å². The van der Waals surface area contributed by atoms with Crippen molar-refractivity contribution in [3.05, 3.63) is 34.3 Å². The summed E-state index contributed by atoms with van der Waals surface area (Å²) in [6, 6.07) is 6.26. The van der Waals surface area contributed by atoms with Gasteiger partial charge in [0, 0.05) is 11.1 Å². The first kappa shape index (κ1) is 11.5. The Morgan fingerprint density at radius 3 is 2.43 bits per heavy atom. The Kier molecular flexibility index (Phi) is 3.97. The fourth-order valence-corrected chi connectivity index (χ4v) is 1.86. The Hall–Kier alpha value is -0.530. The number of halogens is 1. The number of hydrogen-bond donors (Lipinski definition) is 1. The normalized spacial score (nSPS) is 13.3. The molecule has 1 unspecified atom stereocenters. The van der Waals surface area contributed by atoms with Gasteiger partial charge < -0.3 is 5.73 Å². The van der Waals surface area contributed by atoms with E-state index >= 15 is 0 Å². The molecule has 0 amide bonds. The molecule has 2 N–H and O–H groups in total. The van der Waals surface area contributed by atoms with Crippen LogP contribution >= 0.6 is 11.6 Å². The fraction of sp³-hybridized carbons (Fsp3) is 0.500. The maximum atomic E-state index is 5.96. The van der Waals surface area contributed by atoms with E-state index < -0.39 is 0 Å². The highest BCUT2D eigenvalue weighted by molar-refractivity contribution is 6.30. The second kappa shape index (κ2) is 4.81. The lowest BCUT2D eigenvalue weighted by atomic mass is 9.94. The zero-order valence-corrected chi connectivity index (χ0v) is 9.81. The minimum Gasteiger partial charge on any atom is -0.328 e. The van der Waals surface area contributed by atoms with Gasteiger partial charge in [0.15, 0.2) is 0 Å². The molecule has 1 rings (SSSR count). The van der Waals surface area contributed by atoms with Crippen LogP contribution in [0.4, 0.5) is 0 Å². The zero-order chi connectivity index (χ0) is 10.7. The van der Waals surface area contributed by atoms with Crippen molar-refractivity contribution in [2.45, 2.75) is 39.2 Å². The van der Waals surface area contributed by atoms with Gasteiger partial charge in [-0.3, -0.25) is 0 Å². The Bertz CT molecular complexity index is 305. The van der Waals surface area contributed by atoms with Crippen LogP contribution in [0.15, 0.2) is 18.2 Å². The molecular formula is C12H18ClN. The number of hydrogen-bond acceptors (Lipinski definition) is 1. The van der Waals surface area contributed by atoms with Gasteiger partial charge in [0.2, 0.25) is 0 Å². The number of benzene rings is 1. The third kappa shape index (κ3) is 3.00. The van der Waals surface area contributed by atoms with Crippen LogP contribution in [0, 0.1) is 0 Å². The topological polar surface area (TPSA) is 26.0 Å². The van der Waals surface area contributed by atoms with Gasteiger partial charge >= 0.3 is 0 Å². The lowest BCUT2D eigenvalue weighted by molar-refractivity contribution is 0.721. The first-order chi connectivity index (χ1) is 6.50. The lowest BCUT2D eigenvalue weighted by Gasteiger charge is -2.14. The molecule has 0 heterocycles. The molecule has 0 saturated carbocycles. The molecule has 0 aromatic heterocycles. The van der Waals surface area contributed by atoms with Crippen LogP contribution in [0.3, 0.4) is 0 Å². The van der Waals surface area contributed by atoms with E-state index in [4.69, 9.17) is 17.3 Å². The van der Waals surface area contributed by atoms with Gasteiger partial charge in [-0.15, -0.1) is 0 Å². The van der Waals surface area contributed by atoms with Gasteiger partial charge in [0.05, 0.1) is 0 Å². The van der Waals surface area contributed by atoms with E-state index in [1.807, 2.05) is 19.1 Å². The third-order valence-electron chi connectivity index (χ3n) is 2.27. The third-order valence-corrected chi connectivity index (χ3v) is 2.50. The monoisotopic (exact) mass is 211 g/mol. The Balaban J connectivity index is 3.03. The fourth-order valence-electron chi connectivity index (χ4n) is 1.66. The average molecular weight is 212 g/mol. The molecule has 0 aliphatic rings. The summed E-state index contributed by atoms with van der Waals surface area (Å²) in [4.78, 5) is 0. The van der Waals surface area contributed by atoms with Gasteiger partial charge in [-0.25, -0.2) is 0 Å². The van der Waals surface area contributed by atoms with Gasteiger partial charge in [0.1, 0.15) is 0 Å². The van der Waals surface area contributed by atoms with Crippen molar-refractivity contribution in [2.75, 3.05) is 0 Å². The highest BCUT2D eigenvalue weighted by Crippen LogP contribution is 2.23. The molecule has 1 aromatic carbocycles. The summed E-state index contributed by atoms with van der Waals surface area (Å²) in [6.07, 6.45) is 0.897. The molecule has 1 atom stereocenters. The first-order valence-electron chi connectivity index (χ1n) is 5.04. The molecule has 0 saturated heterocycles. The van der Waals surface area contributed by atoms with E-state index in [0.29, 0.717) is 5.92 Å². The van der Waals surface area contributed by atoms with E-state index in [9.17, 15) is 0 Å². The molecule has 2 heteroatoms. The zero-order valence-electron chi connectivity index (χ0n) is 9.05. The summed E-state index contributed by atoms with van der Waals surface area (Å²) in [6.45, 7) is 6.40. The van der Waals surface area contributed by atoms with E-state index in [0.717, 1.165) is 11.4 Å². The number of nitrogens with two attached hydrogens (primary N) is 1. The largest absolute Gasteiger partial charge is 0.328 e. The smallest absolute Gasteiger partial charge is 0.0408 e. The van der Waals surface area contributed by atoms with Crippen molar-refractivity contribution in [1.82, 2.24) is 0 Å². The van der Waals surface area contributed by atoms with Crippen LogP contribution in [0.1, 0.15) is 37.8 Å². The SMILES string of the molecule is CC(N)Cc1cc(Cl)ccc1C(C)C. The Morgan fingerprint density at radius 2 is 1.93 bits per heavy atom. The maximum absolute atomic E-state index is 5.96.